The van der Waals surface area contributed by atoms with Crippen LogP contribution in [-0.2, 0) is 0 Å². The molecule has 0 radical (unpaired) electrons. The fraction of sp³-hybridized carbons (Fsp3) is 0.0526. The Bertz CT molecular complexity index is 638. The Balaban J connectivity index is 2.07. The molecule has 0 unspecified atom stereocenters. The Morgan fingerprint density at radius 2 is 1.00 bits per heavy atom. The van der Waals surface area contributed by atoms with Crippen LogP contribution >= 0.6 is 0 Å². The van der Waals surface area contributed by atoms with Crippen molar-refractivity contribution in [1.82, 2.24) is 0 Å². The quantitative estimate of drug-likeness (QED) is 0.490. The van der Waals surface area contributed by atoms with Crippen molar-refractivity contribution in [2.75, 3.05) is 9.83 Å². The first-order valence-electron chi connectivity index (χ1n) is 6.88. The van der Waals surface area contributed by atoms with Gasteiger partial charge in [-0.25, -0.2) is 0 Å². The molecule has 1 nitrogen and oxygen atoms in total. The number of para-hydroxylation sites is 2. The van der Waals surface area contributed by atoms with Crippen LogP contribution in [0.2, 0.25) is 0 Å². The van der Waals surface area contributed by atoms with Crippen LogP contribution in [0.25, 0.3) is 0 Å². The second-order valence-electron chi connectivity index (χ2n) is 4.67. The van der Waals surface area contributed by atoms with Gasteiger partial charge in [0.2, 0.25) is 0 Å². The van der Waals surface area contributed by atoms with Gasteiger partial charge in [-0.05, 0) is 0 Å². The van der Waals surface area contributed by atoms with Gasteiger partial charge in [-0.2, -0.15) is 0 Å². The molecule has 0 N–H and O–H groups in total. The fourth-order valence-corrected chi connectivity index (χ4v) is 3.40. The monoisotopic (exact) mass is 386 g/mol. The van der Waals surface area contributed by atoms with Crippen LogP contribution in [0.15, 0.2) is 84.9 Å². The molecular formula is C19H17IN-. The van der Waals surface area contributed by atoms with Crippen LogP contribution in [-0.4, -0.2) is 4.93 Å². The zero-order valence-corrected chi connectivity index (χ0v) is 14.1. The average Bonchev–Trinajstić information content (AvgIpc) is 2.58. The summed E-state index contributed by atoms with van der Waals surface area (Å²) in [5.41, 5.74) is 3.57. The van der Waals surface area contributed by atoms with Crippen molar-refractivity contribution in [3.63, 3.8) is 0 Å². The van der Waals surface area contributed by atoms with E-state index in [1.807, 2.05) is 0 Å². The zero-order valence-electron chi connectivity index (χ0n) is 11.9. The van der Waals surface area contributed by atoms with E-state index in [0.717, 1.165) is 0 Å². The van der Waals surface area contributed by atoms with Gasteiger partial charge in [0.05, 0.1) is 0 Å². The molecule has 3 aromatic carbocycles. The van der Waals surface area contributed by atoms with Crippen molar-refractivity contribution in [3.8, 4) is 0 Å². The first kappa shape index (κ1) is 14.1. The minimum absolute atomic E-state index is 0.148. The van der Waals surface area contributed by atoms with Crippen molar-refractivity contribution in [2.24, 2.45) is 0 Å². The maximum absolute atomic E-state index is 2.29. The Morgan fingerprint density at radius 3 is 1.43 bits per heavy atom. The van der Waals surface area contributed by atoms with Gasteiger partial charge < -0.3 is 0 Å². The van der Waals surface area contributed by atoms with Gasteiger partial charge in [0.25, 0.3) is 0 Å². The molecule has 21 heavy (non-hydrogen) atoms. The molecule has 2 heteroatoms. The third-order valence-electron chi connectivity index (χ3n) is 3.33. The van der Waals surface area contributed by atoms with Crippen LogP contribution in [0, 0.1) is 3.57 Å². The molecule has 0 saturated heterocycles. The predicted octanol–water partition coefficient (Wildman–Crippen LogP) is 2.04. The number of hydrogen-bond donors (Lipinski definition) is 0. The molecule has 0 saturated carbocycles. The van der Waals surface area contributed by atoms with E-state index in [-0.39, 0.29) is 21.2 Å². The summed E-state index contributed by atoms with van der Waals surface area (Å²) in [5.74, 6) is 0. The first-order chi connectivity index (χ1) is 10.4. The van der Waals surface area contributed by atoms with Crippen molar-refractivity contribution in [3.05, 3.63) is 88.5 Å². The summed E-state index contributed by atoms with van der Waals surface area (Å²) >= 11 is 0.148. The molecule has 0 aliphatic heterocycles. The summed E-state index contributed by atoms with van der Waals surface area (Å²) in [6.45, 7) is 0. The summed E-state index contributed by atoms with van der Waals surface area (Å²) < 4.78 is 1.47. The average molecular weight is 386 g/mol. The van der Waals surface area contributed by atoms with Gasteiger partial charge >= 0.3 is 137 Å². The second kappa shape index (κ2) is 6.76. The van der Waals surface area contributed by atoms with Crippen LogP contribution < -0.4 is 26.1 Å². The van der Waals surface area contributed by atoms with E-state index in [9.17, 15) is 0 Å². The molecule has 0 atom stereocenters. The van der Waals surface area contributed by atoms with Crippen molar-refractivity contribution in [2.45, 2.75) is 0 Å². The Kier molecular flexibility index (Phi) is 4.55. The number of anilines is 3. The SMILES string of the molecule is C[I-]c1ccc(N(c2ccccc2)c2ccccc2)cc1. The molecule has 3 rings (SSSR count). The molecule has 0 amide bonds. The Morgan fingerprint density at radius 1 is 0.571 bits per heavy atom. The van der Waals surface area contributed by atoms with Gasteiger partial charge in [0.1, 0.15) is 0 Å². The minimum atomic E-state index is 0.148. The summed E-state index contributed by atoms with van der Waals surface area (Å²) in [7, 11) is 0. The van der Waals surface area contributed by atoms with E-state index in [1.165, 1.54) is 20.6 Å². The molecular weight excluding hydrogens is 369 g/mol. The van der Waals surface area contributed by atoms with Crippen molar-refractivity contribution in [1.29, 1.82) is 0 Å². The van der Waals surface area contributed by atoms with Crippen LogP contribution in [0.4, 0.5) is 17.1 Å². The topological polar surface area (TPSA) is 3.24 Å². The Hall–Kier alpha value is -1.81. The number of rotatable bonds is 4. The number of hydrogen-bond acceptors (Lipinski definition) is 1. The van der Waals surface area contributed by atoms with Gasteiger partial charge in [0, 0.05) is 0 Å². The van der Waals surface area contributed by atoms with E-state index in [1.54, 1.807) is 0 Å². The molecule has 0 bridgehead atoms. The molecule has 0 fully saturated rings. The number of nitrogens with zero attached hydrogens (tertiary/aromatic N) is 1. The van der Waals surface area contributed by atoms with Crippen LogP contribution in [0.1, 0.15) is 0 Å². The van der Waals surface area contributed by atoms with Crippen LogP contribution in [0.5, 0.6) is 0 Å². The zero-order chi connectivity index (χ0) is 14.5. The van der Waals surface area contributed by atoms with E-state index in [4.69, 9.17) is 0 Å². The van der Waals surface area contributed by atoms with Gasteiger partial charge in [-0.1, -0.05) is 0 Å². The molecule has 106 valence electrons. The van der Waals surface area contributed by atoms with Crippen LogP contribution in [0.3, 0.4) is 0 Å². The van der Waals surface area contributed by atoms with Crippen molar-refractivity contribution >= 4 is 17.1 Å². The molecule has 0 spiro atoms. The first-order valence-corrected chi connectivity index (χ1v) is 10.1. The molecule has 3 aromatic rings. The molecule has 0 aromatic heterocycles. The number of benzene rings is 3. The van der Waals surface area contributed by atoms with Gasteiger partial charge in [-0.15, -0.1) is 0 Å². The summed E-state index contributed by atoms with van der Waals surface area (Å²) in [4.78, 5) is 4.58. The number of halogens is 1. The van der Waals surface area contributed by atoms with Gasteiger partial charge in [0.15, 0.2) is 0 Å². The summed E-state index contributed by atoms with van der Waals surface area (Å²) in [6.07, 6.45) is 0. The van der Waals surface area contributed by atoms with E-state index in [2.05, 4.69) is 94.8 Å². The fourth-order valence-electron chi connectivity index (χ4n) is 2.32. The van der Waals surface area contributed by atoms with E-state index >= 15 is 0 Å². The third-order valence-corrected chi connectivity index (χ3v) is 5.30. The number of alkyl halides is 1. The summed E-state index contributed by atoms with van der Waals surface area (Å²) in [6, 6.07) is 30.0. The standard InChI is InChI=1S/C19H17IN/c1-20-16-12-14-19(15-13-16)21(17-8-4-2-5-9-17)18-10-6-3-7-11-18/h2-15H,1H3/q-1. The Labute approximate surface area is 136 Å². The maximum atomic E-state index is 2.29. The van der Waals surface area contributed by atoms with Gasteiger partial charge in [-0.3, -0.25) is 0 Å². The van der Waals surface area contributed by atoms with E-state index < -0.39 is 0 Å². The third kappa shape index (κ3) is 3.27. The molecule has 0 aliphatic rings. The van der Waals surface area contributed by atoms with E-state index in [0.29, 0.717) is 0 Å². The normalized spacial score (nSPS) is 10.5. The summed E-state index contributed by atoms with van der Waals surface area (Å²) in [5, 5.41) is 0. The second-order valence-corrected chi connectivity index (χ2v) is 7.00. The van der Waals surface area contributed by atoms with Crippen molar-refractivity contribution < 1.29 is 21.2 Å². The molecule has 0 heterocycles. The predicted molar refractivity (Wildman–Crippen MR) is 85.7 cm³/mol. The molecule has 0 aliphatic carbocycles.